The molecule has 0 bridgehead atoms. The van der Waals surface area contributed by atoms with Crippen LogP contribution in [0.1, 0.15) is 16.1 Å². The lowest BCUT2D eigenvalue weighted by molar-refractivity contribution is -0.137. The van der Waals surface area contributed by atoms with E-state index in [1.165, 1.54) is 12.1 Å². The van der Waals surface area contributed by atoms with Crippen LogP contribution in [0.4, 0.5) is 19.0 Å². The highest BCUT2D eigenvalue weighted by molar-refractivity contribution is 5.91. The van der Waals surface area contributed by atoms with E-state index in [0.29, 0.717) is 26.3 Å². The van der Waals surface area contributed by atoms with Crippen LogP contribution in [0.2, 0.25) is 0 Å². The second-order valence-electron chi connectivity index (χ2n) is 5.11. The van der Waals surface area contributed by atoms with Gasteiger partial charge < -0.3 is 14.7 Å². The Balaban J connectivity index is 2.01. The fourth-order valence-corrected chi connectivity index (χ4v) is 2.35. The van der Waals surface area contributed by atoms with Crippen molar-refractivity contribution in [2.24, 2.45) is 0 Å². The van der Waals surface area contributed by atoms with E-state index in [9.17, 15) is 23.1 Å². The number of nitrogens with zero attached hydrogens (tertiary/aromatic N) is 4. The van der Waals surface area contributed by atoms with Crippen LogP contribution in [0, 0.1) is 0 Å². The molecule has 2 heterocycles. The molecule has 0 atom stereocenters. The summed E-state index contributed by atoms with van der Waals surface area (Å²) in [5.41, 5.74) is -1.14. The number of carbonyl (C=O) groups is 1. The summed E-state index contributed by atoms with van der Waals surface area (Å²) in [6.45, 7) is 1.69. The number of carboxylic acids is 1. The normalized spacial score (nSPS) is 15.5. The maximum absolute atomic E-state index is 12.8. The highest BCUT2D eigenvalue weighted by Gasteiger charge is 2.31. The summed E-state index contributed by atoms with van der Waals surface area (Å²) < 4.78 is 43.7. The van der Waals surface area contributed by atoms with Crippen LogP contribution >= 0.6 is 0 Å². The van der Waals surface area contributed by atoms with Gasteiger partial charge in [-0.15, -0.1) is 15.0 Å². The van der Waals surface area contributed by atoms with Crippen LogP contribution in [-0.4, -0.2) is 52.4 Å². The van der Waals surface area contributed by atoms with E-state index in [1.54, 1.807) is 4.90 Å². The number of alkyl halides is 3. The van der Waals surface area contributed by atoms with Crippen molar-refractivity contribution in [3.05, 3.63) is 35.5 Å². The van der Waals surface area contributed by atoms with Gasteiger partial charge in [-0.3, -0.25) is 0 Å². The monoisotopic (exact) mass is 342 g/mol. The molecule has 7 nitrogen and oxygen atoms in total. The van der Waals surface area contributed by atoms with Crippen LogP contribution in [0.15, 0.2) is 24.3 Å². The van der Waals surface area contributed by atoms with Crippen molar-refractivity contribution in [2.75, 3.05) is 31.2 Å². The number of carboxylic acid groups (broad SMARTS) is 1. The molecule has 0 radical (unpaired) electrons. The summed E-state index contributed by atoms with van der Waals surface area (Å²) in [5, 5.41) is 17.2. The average molecular weight is 342 g/mol. The van der Waals surface area contributed by atoms with E-state index in [1.807, 2.05) is 0 Å². The Bertz CT molecular complexity index is 754. The summed E-state index contributed by atoms with van der Waals surface area (Å²) in [5.74, 6) is -1.18. The molecule has 1 aromatic carbocycles. The van der Waals surface area contributed by atoms with Crippen molar-refractivity contribution in [3.8, 4) is 5.69 Å². The van der Waals surface area contributed by atoms with Gasteiger partial charge in [0, 0.05) is 13.1 Å². The topological polar surface area (TPSA) is 80.5 Å². The second-order valence-corrected chi connectivity index (χ2v) is 5.11. The SMILES string of the molecule is O=C(O)c1nn(-c2cccc(C(F)(F)F)c2)nc1N1CCOCC1. The maximum Gasteiger partial charge on any atom is 0.416 e. The van der Waals surface area contributed by atoms with Crippen molar-refractivity contribution in [3.63, 3.8) is 0 Å². The van der Waals surface area contributed by atoms with E-state index >= 15 is 0 Å². The Morgan fingerprint density at radius 2 is 1.92 bits per heavy atom. The van der Waals surface area contributed by atoms with E-state index in [0.717, 1.165) is 16.9 Å². The third-order valence-electron chi connectivity index (χ3n) is 3.51. The Labute approximate surface area is 134 Å². The summed E-state index contributed by atoms with van der Waals surface area (Å²) in [7, 11) is 0. The fourth-order valence-electron chi connectivity index (χ4n) is 2.35. The minimum atomic E-state index is -4.51. The minimum absolute atomic E-state index is 0.0341. The molecule has 1 saturated heterocycles. The molecule has 128 valence electrons. The van der Waals surface area contributed by atoms with Crippen LogP contribution in [0.3, 0.4) is 0 Å². The molecule has 2 aromatic rings. The van der Waals surface area contributed by atoms with Gasteiger partial charge in [0.2, 0.25) is 5.69 Å². The first kappa shape index (κ1) is 16.2. The van der Waals surface area contributed by atoms with E-state index < -0.39 is 17.7 Å². The minimum Gasteiger partial charge on any atom is -0.476 e. The molecule has 0 amide bonds. The van der Waals surface area contributed by atoms with E-state index in [2.05, 4.69) is 10.2 Å². The standard InChI is InChI=1S/C14H13F3N4O3/c15-14(16,17)9-2-1-3-10(8-9)21-18-11(13(22)23)12(19-21)20-4-6-24-7-5-20/h1-3,8H,4-7H2,(H,22,23). The molecule has 10 heteroatoms. The van der Waals surface area contributed by atoms with Crippen LogP contribution in [-0.2, 0) is 10.9 Å². The lowest BCUT2D eigenvalue weighted by atomic mass is 10.2. The number of rotatable bonds is 3. The number of aromatic carboxylic acids is 1. The molecule has 0 saturated carbocycles. The smallest absolute Gasteiger partial charge is 0.416 e. The number of hydrogen-bond donors (Lipinski definition) is 1. The quantitative estimate of drug-likeness (QED) is 0.916. The molecule has 0 spiro atoms. The molecule has 0 aliphatic carbocycles. The van der Waals surface area contributed by atoms with E-state index in [4.69, 9.17) is 4.74 Å². The number of hydrogen-bond acceptors (Lipinski definition) is 5. The van der Waals surface area contributed by atoms with Gasteiger partial charge in [0.15, 0.2) is 5.82 Å². The van der Waals surface area contributed by atoms with Crippen LogP contribution in [0.25, 0.3) is 5.69 Å². The van der Waals surface area contributed by atoms with Crippen LogP contribution < -0.4 is 4.90 Å². The van der Waals surface area contributed by atoms with E-state index in [-0.39, 0.29) is 17.2 Å². The highest BCUT2D eigenvalue weighted by atomic mass is 19.4. The van der Waals surface area contributed by atoms with Crippen molar-refractivity contribution in [2.45, 2.75) is 6.18 Å². The molecule has 1 aliphatic heterocycles. The van der Waals surface area contributed by atoms with Gasteiger partial charge in [-0.25, -0.2) is 4.79 Å². The van der Waals surface area contributed by atoms with Gasteiger partial charge in [-0.05, 0) is 18.2 Å². The van der Waals surface area contributed by atoms with Crippen LogP contribution in [0.5, 0.6) is 0 Å². The lowest BCUT2D eigenvalue weighted by Gasteiger charge is -2.26. The van der Waals surface area contributed by atoms with Gasteiger partial charge in [0.25, 0.3) is 0 Å². The second kappa shape index (κ2) is 6.11. The van der Waals surface area contributed by atoms with Gasteiger partial charge in [-0.2, -0.15) is 13.2 Å². The number of aromatic nitrogens is 3. The number of benzene rings is 1. The van der Waals surface area contributed by atoms with Crippen molar-refractivity contribution < 1.29 is 27.8 Å². The Morgan fingerprint density at radius 3 is 2.54 bits per heavy atom. The Morgan fingerprint density at radius 1 is 1.21 bits per heavy atom. The van der Waals surface area contributed by atoms with Crippen molar-refractivity contribution in [1.82, 2.24) is 15.0 Å². The first-order valence-corrected chi connectivity index (χ1v) is 7.07. The fraction of sp³-hybridized carbons (Fsp3) is 0.357. The zero-order valence-corrected chi connectivity index (χ0v) is 12.3. The number of anilines is 1. The number of morpholine rings is 1. The summed E-state index contributed by atoms with van der Waals surface area (Å²) >= 11 is 0. The zero-order valence-electron chi connectivity index (χ0n) is 12.3. The van der Waals surface area contributed by atoms with Crippen molar-refractivity contribution >= 4 is 11.8 Å². The highest BCUT2D eigenvalue weighted by Crippen LogP contribution is 2.30. The third kappa shape index (κ3) is 3.18. The Kier molecular flexibility index (Phi) is 4.14. The molecule has 1 aliphatic rings. The largest absolute Gasteiger partial charge is 0.476 e. The first-order valence-electron chi connectivity index (χ1n) is 7.07. The molecule has 1 N–H and O–H groups in total. The maximum atomic E-state index is 12.8. The van der Waals surface area contributed by atoms with Gasteiger partial charge >= 0.3 is 12.1 Å². The predicted octanol–water partition coefficient (Wildman–Crippen LogP) is 1.82. The number of ether oxygens (including phenoxy) is 1. The first-order chi connectivity index (χ1) is 11.4. The third-order valence-corrected chi connectivity index (χ3v) is 3.51. The molecule has 24 heavy (non-hydrogen) atoms. The van der Waals surface area contributed by atoms with Crippen molar-refractivity contribution in [1.29, 1.82) is 0 Å². The molecule has 0 unspecified atom stereocenters. The van der Waals surface area contributed by atoms with Gasteiger partial charge in [0.1, 0.15) is 0 Å². The molecule has 1 fully saturated rings. The molecular weight excluding hydrogens is 329 g/mol. The molecular formula is C14H13F3N4O3. The molecule has 1 aromatic heterocycles. The summed E-state index contributed by atoms with van der Waals surface area (Å²) in [4.78, 5) is 14.0. The van der Waals surface area contributed by atoms with Gasteiger partial charge in [0.05, 0.1) is 24.5 Å². The number of halogens is 3. The predicted molar refractivity (Wildman–Crippen MR) is 76.4 cm³/mol. The lowest BCUT2D eigenvalue weighted by Crippen LogP contribution is -2.37. The zero-order chi connectivity index (χ0) is 17.3. The Hall–Kier alpha value is -2.62. The molecule has 3 rings (SSSR count). The average Bonchev–Trinajstić information content (AvgIpc) is 3.01. The van der Waals surface area contributed by atoms with Gasteiger partial charge in [-0.1, -0.05) is 6.07 Å². The summed E-state index contributed by atoms with van der Waals surface area (Å²) in [6.07, 6.45) is -4.51. The summed E-state index contributed by atoms with van der Waals surface area (Å²) in [6, 6.07) is 4.39.